The van der Waals surface area contributed by atoms with E-state index in [1.54, 1.807) is 15.5 Å². The standard InChI is InChI=1S/C20H23ClN4O5S/c1-13-3-4-15(9-16(13)21)25-12-22-23-20(25)31-11-18(27)30-10-17(26)24-7-5-14(6-8-24)19(28)29-2/h3-4,9,12,14H,5-8,10-11H2,1-2H3. The Labute approximate surface area is 189 Å². The first-order valence-corrected chi connectivity index (χ1v) is 11.1. The van der Waals surface area contributed by atoms with Crippen LogP contribution < -0.4 is 0 Å². The maximum absolute atomic E-state index is 12.3. The fourth-order valence-corrected chi connectivity index (χ4v) is 4.06. The molecule has 0 atom stereocenters. The quantitative estimate of drug-likeness (QED) is 0.452. The molecule has 0 unspecified atom stereocenters. The van der Waals surface area contributed by atoms with Crippen LogP contribution in [-0.4, -0.2) is 70.1 Å². The van der Waals surface area contributed by atoms with Crippen LogP contribution in [0.3, 0.4) is 0 Å². The molecule has 0 saturated carbocycles. The Morgan fingerprint density at radius 3 is 2.68 bits per heavy atom. The molecule has 166 valence electrons. The Balaban J connectivity index is 1.45. The molecule has 0 radical (unpaired) electrons. The maximum Gasteiger partial charge on any atom is 0.316 e. The minimum Gasteiger partial charge on any atom is -0.469 e. The van der Waals surface area contributed by atoms with Crippen molar-refractivity contribution in [2.75, 3.05) is 32.6 Å². The number of aryl methyl sites for hydroxylation is 1. The Morgan fingerprint density at radius 2 is 2.00 bits per heavy atom. The van der Waals surface area contributed by atoms with Gasteiger partial charge in [0.1, 0.15) is 6.33 Å². The van der Waals surface area contributed by atoms with Crippen LogP contribution in [0.1, 0.15) is 18.4 Å². The third-order valence-electron chi connectivity index (χ3n) is 5.01. The van der Waals surface area contributed by atoms with Crippen molar-refractivity contribution in [3.63, 3.8) is 0 Å². The summed E-state index contributed by atoms with van der Waals surface area (Å²) in [5, 5.41) is 9.05. The van der Waals surface area contributed by atoms with E-state index in [4.69, 9.17) is 21.1 Å². The summed E-state index contributed by atoms with van der Waals surface area (Å²) in [5.74, 6) is -1.26. The van der Waals surface area contributed by atoms with Crippen molar-refractivity contribution in [1.29, 1.82) is 0 Å². The average molecular weight is 467 g/mol. The Kier molecular flexibility index (Phi) is 7.91. The van der Waals surface area contributed by atoms with E-state index in [1.807, 2.05) is 19.1 Å². The molecule has 1 saturated heterocycles. The SMILES string of the molecule is COC(=O)C1CCN(C(=O)COC(=O)CSc2nncn2-c2ccc(C)c(Cl)c2)CC1. The monoisotopic (exact) mass is 466 g/mol. The summed E-state index contributed by atoms with van der Waals surface area (Å²) in [6.45, 7) is 2.45. The molecule has 0 spiro atoms. The van der Waals surface area contributed by atoms with Crippen LogP contribution >= 0.6 is 23.4 Å². The lowest BCUT2D eigenvalue weighted by atomic mass is 9.97. The van der Waals surface area contributed by atoms with Crippen LogP contribution in [0.5, 0.6) is 0 Å². The summed E-state index contributed by atoms with van der Waals surface area (Å²) in [6.07, 6.45) is 2.62. The highest BCUT2D eigenvalue weighted by molar-refractivity contribution is 7.99. The lowest BCUT2D eigenvalue weighted by molar-refractivity contribution is -0.152. The third kappa shape index (κ3) is 5.98. The van der Waals surface area contributed by atoms with E-state index in [-0.39, 0.29) is 30.2 Å². The molecule has 1 aliphatic rings. The Hall–Kier alpha value is -2.59. The summed E-state index contributed by atoms with van der Waals surface area (Å²) in [4.78, 5) is 37.5. The number of halogens is 1. The fourth-order valence-electron chi connectivity index (χ4n) is 3.16. The highest BCUT2D eigenvalue weighted by Gasteiger charge is 2.28. The number of nitrogens with zero attached hydrogens (tertiary/aromatic N) is 4. The molecular weight excluding hydrogens is 444 g/mol. The number of carbonyl (C=O) groups is 3. The van der Waals surface area contributed by atoms with Crippen LogP contribution in [0.2, 0.25) is 5.02 Å². The number of carbonyl (C=O) groups excluding carboxylic acids is 3. The number of aromatic nitrogens is 3. The van der Waals surface area contributed by atoms with Crippen LogP contribution in [0.25, 0.3) is 5.69 Å². The second-order valence-electron chi connectivity index (χ2n) is 7.04. The molecule has 1 fully saturated rings. The van der Waals surface area contributed by atoms with Gasteiger partial charge in [-0.15, -0.1) is 10.2 Å². The first kappa shape index (κ1) is 23.1. The molecule has 0 bridgehead atoms. The second-order valence-corrected chi connectivity index (χ2v) is 8.39. The number of hydrogen-bond acceptors (Lipinski definition) is 8. The molecule has 2 aromatic rings. The van der Waals surface area contributed by atoms with Gasteiger partial charge in [0.05, 0.1) is 24.5 Å². The van der Waals surface area contributed by atoms with Crippen molar-refractivity contribution >= 4 is 41.2 Å². The summed E-state index contributed by atoms with van der Waals surface area (Å²) in [5.41, 5.74) is 1.73. The average Bonchev–Trinajstić information content (AvgIpc) is 3.26. The minimum absolute atomic E-state index is 0.0179. The number of amides is 1. The number of benzene rings is 1. The van der Waals surface area contributed by atoms with Gasteiger partial charge in [-0.05, 0) is 37.5 Å². The predicted octanol–water partition coefficient (Wildman–Crippen LogP) is 2.28. The minimum atomic E-state index is -0.528. The van der Waals surface area contributed by atoms with Gasteiger partial charge in [-0.1, -0.05) is 29.4 Å². The smallest absolute Gasteiger partial charge is 0.316 e. The number of thioether (sulfide) groups is 1. The van der Waals surface area contributed by atoms with Gasteiger partial charge in [0.2, 0.25) is 0 Å². The second kappa shape index (κ2) is 10.6. The molecular formula is C20H23ClN4O5S. The van der Waals surface area contributed by atoms with Crippen molar-refractivity contribution in [2.24, 2.45) is 5.92 Å². The fraction of sp³-hybridized carbons (Fsp3) is 0.450. The van der Waals surface area contributed by atoms with Crippen molar-refractivity contribution in [1.82, 2.24) is 19.7 Å². The van der Waals surface area contributed by atoms with E-state index in [0.29, 0.717) is 36.1 Å². The Bertz CT molecular complexity index is 959. The van der Waals surface area contributed by atoms with Gasteiger partial charge in [0, 0.05) is 18.1 Å². The van der Waals surface area contributed by atoms with Gasteiger partial charge in [-0.2, -0.15) is 0 Å². The molecule has 1 aliphatic heterocycles. The normalized spacial score (nSPS) is 14.4. The number of hydrogen-bond donors (Lipinski definition) is 0. The molecule has 0 aliphatic carbocycles. The van der Waals surface area contributed by atoms with Gasteiger partial charge >= 0.3 is 11.9 Å². The van der Waals surface area contributed by atoms with Crippen LogP contribution in [0, 0.1) is 12.8 Å². The molecule has 3 rings (SSSR count). The molecule has 2 heterocycles. The molecule has 11 heteroatoms. The van der Waals surface area contributed by atoms with Gasteiger partial charge in [0.25, 0.3) is 5.91 Å². The van der Waals surface area contributed by atoms with E-state index in [0.717, 1.165) is 23.0 Å². The number of ether oxygens (including phenoxy) is 2. The van der Waals surface area contributed by atoms with E-state index < -0.39 is 5.97 Å². The zero-order valence-electron chi connectivity index (χ0n) is 17.2. The van der Waals surface area contributed by atoms with Gasteiger partial charge in [0.15, 0.2) is 11.8 Å². The number of likely N-dealkylation sites (tertiary alicyclic amines) is 1. The van der Waals surface area contributed by atoms with Crippen molar-refractivity contribution in [3.05, 3.63) is 35.1 Å². The number of esters is 2. The molecule has 1 aromatic carbocycles. The van der Waals surface area contributed by atoms with Gasteiger partial charge < -0.3 is 14.4 Å². The zero-order chi connectivity index (χ0) is 22.4. The zero-order valence-corrected chi connectivity index (χ0v) is 18.8. The molecule has 1 aromatic heterocycles. The lowest BCUT2D eigenvalue weighted by Crippen LogP contribution is -2.42. The van der Waals surface area contributed by atoms with E-state index in [9.17, 15) is 14.4 Å². The maximum atomic E-state index is 12.3. The van der Waals surface area contributed by atoms with E-state index in [2.05, 4.69) is 10.2 Å². The van der Waals surface area contributed by atoms with Crippen molar-refractivity contribution in [3.8, 4) is 5.69 Å². The highest BCUT2D eigenvalue weighted by Crippen LogP contribution is 2.24. The summed E-state index contributed by atoms with van der Waals surface area (Å²) in [6, 6.07) is 5.57. The number of rotatable bonds is 7. The molecule has 0 N–H and O–H groups in total. The molecule has 1 amide bonds. The number of methoxy groups -OCH3 is 1. The molecule has 31 heavy (non-hydrogen) atoms. The first-order chi connectivity index (χ1) is 14.9. The van der Waals surface area contributed by atoms with Crippen molar-refractivity contribution in [2.45, 2.75) is 24.9 Å². The topological polar surface area (TPSA) is 104 Å². The van der Waals surface area contributed by atoms with Crippen molar-refractivity contribution < 1.29 is 23.9 Å². The van der Waals surface area contributed by atoms with E-state index in [1.165, 1.54) is 13.4 Å². The molecule has 9 nitrogen and oxygen atoms in total. The summed E-state index contributed by atoms with van der Waals surface area (Å²) < 4.78 is 11.6. The largest absolute Gasteiger partial charge is 0.469 e. The van der Waals surface area contributed by atoms with Crippen LogP contribution in [0.4, 0.5) is 0 Å². The highest BCUT2D eigenvalue weighted by atomic mass is 35.5. The third-order valence-corrected chi connectivity index (χ3v) is 6.33. The van der Waals surface area contributed by atoms with Crippen LogP contribution in [0.15, 0.2) is 29.7 Å². The van der Waals surface area contributed by atoms with Crippen LogP contribution in [-0.2, 0) is 23.9 Å². The summed E-state index contributed by atoms with van der Waals surface area (Å²) >= 11 is 7.34. The Morgan fingerprint density at radius 1 is 1.26 bits per heavy atom. The first-order valence-electron chi connectivity index (χ1n) is 9.69. The van der Waals surface area contributed by atoms with Gasteiger partial charge in [-0.25, -0.2) is 0 Å². The van der Waals surface area contributed by atoms with Gasteiger partial charge in [-0.3, -0.25) is 19.0 Å². The lowest BCUT2D eigenvalue weighted by Gasteiger charge is -2.30. The number of piperidine rings is 1. The predicted molar refractivity (Wildman–Crippen MR) is 114 cm³/mol. The van der Waals surface area contributed by atoms with E-state index >= 15 is 0 Å². The summed E-state index contributed by atoms with van der Waals surface area (Å²) in [7, 11) is 1.36.